The Kier molecular flexibility index (Phi) is 4.07. The van der Waals surface area contributed by atoms with E-state index in [0.29, 0.717) is 0 Å². The lowest BCUT2D eigenvalue weighted by molar-refractivity contribution is 0.255. The monoisotopic (exact) mass is 208 g/mol. The van der Waals surface area contributed by atoms with E-state index in [1.807, 2.05) is 23.9 Å². The van der Waals surface area contributed by atoms with E-state index in [0.717, 1.165) is 6.04 Å². The van der Waals surface area contributed by atoms with Crippen molar-refractivity contribution in [1.82, 2.24) is 0 Å². The van der Waals surface area contributed by atoms with Crippen LogP contribution in [-0.4, -0.2) is 22.8 Å². The van der Waals surface area contributed by atoms with Crippen molar-refractivity contribution in [1.29, 1.82) is 0 Å². The van der Waals surface area contributed by atoms with E-state index in [1.54, 1.807) is 14.2 Å². The van der Waals surface area contributed by atoms with Gasteiger partial charge in [-0.15, -0.1) is 6.58 Å². The van der Waals surface area contributed by atoms with Crippen LogP contribution in [-0.2, 0) is 14.9 Å². The van der Waals surface area contributed by atoms with E-state index in [4.69, 9.17) is 8.85 Å². The van der Waals surface area contributed by atoms with Crippen molar-refractivity contribution in [3.63, 3.8) is 0 Å². The first-order valence-electron chi connectivity index (χ1n) is 4.54. The summed E-state index contributed by atoms with van der Waals surface area (Å²) in [6.45, 7) is 3.78. The molecule has 0 aromatic heterocycles. The Balaban J connectivity index is 2.79. The van der Waals surface area contributed by atoms with Crippen LogP contribution in [0.5, 0.6) is 0 Å². The van der Waals surface area contributed by atoms with Gasteiger partial charge in [-0.1, -0.05) is 30.3 Å². The van der Waals surface area contributed by atoms with Gasteiger partial charge in [0.2, 0.25) is 0 Å². The van der Waals surface area contributed by atoms with Crippen LogP contribution in [0, 0.1) is 0 Å². The minimum absolute atomic E-state index is 0.810. The summed E-state index contributed by atoms with van der Waals surface area (Å²) in [6.07, 6.45) is 0. The Labute approximate surface area is 86.4 Å². The lowest BCUT2D eigenvalue weighted by atomic mass is 10.2. The van der Waals surface area contributed by atoms with Crippen LogP contribution in [0.15, 0.2) is 42.6 Å². The van der Waals surface area contributed by atoms with E-state index in [-0.39, 0.29) is 0 Å². The van der Waals surface area contributed by atoms with Crippen molar-refractivity contribution in [3.8, 4) is 0 Å². The van der Waals surface area contributed by atoms with Crippen LogP contribution in [0.3, 0.4) is 0 Å². The molecule has 0 atom stereocenters. The Morgan fingerprint density at radius 3 is 2.21 bits per heavy atom. The molecule has 0 spiro atoms. The second-order valence-corrected chi connectivity index (χ2v) is 6.29. The summed E-state index contributed by atoms with van der Waals surface area (Å²) in [5, 5.41) is 0. The first-order chi connectivity index (χ1) is 6.76. The van der Waals surface area contributed by atoms with Crippen molar-refractivity contribution in [2.24, 2.45) is 0 Å². The van der Waals surface area contributed by atoms with Crippen LogP contribution < -0.4 is 0 Å². The normalized spacial score (nSPS) is 11.3. The molecule has 0 amide bonds. The zero-order chi connectivity index (χ0) is 10.4. The third-order valence-corrected chi connectivity index (χ3v) is 5.20. The van der Waals surface area contributed by atoms with Gasteiger partial charge in [0.25, 0.3) is 0 Å². The molecular weight excluding hydrogens is 192 g/mol. The summed E-state index contributed by atoms with van der Waals surface area (Å²) in [5.41, 5.74) is 3.04. The maximum absolute atomic E-state index is 5.44. The Bertz CT molecular complexity index is 281. The van der Waals surface area contributed by atoms with Gasteiger partial charge in [0.15, 0.2) is 0 Å². The first-order valence-corrected chi connectivity index (χ1v) is 6.64. The highest BCUT2D eigenvalue weighted by atomic mass is 28.4. The Morgan fingerprint density at radius 1 is 1.21 bits per heavy atom. The van der Waals surface area contributed by atoms with E-state index < -0.39 is 8.56 Å². The smallest absolute Gasteiger partial charge is 0.368 e. The molecule has 0 aliphatic heterocycles. The van der Waals surface area contributed by atoms with Gasteiger partial charge in [0, 0.05) is 20.3 Å². The van der Waals surface area contributed by atoms with Gasteiger partial charge in [0.05, 0.1) is 0 Å². The van der Waals surface area contributed by atoms with E-state index in [2.05, 4.69) is 18.7 Å². The molecule has 2 nitrogen and oxygen atoms in total. The van der Waals surface area contributed by atoms with E-state index in [1.165, 1.54) is 5.56 Å². The maximum Gasteiger partial charge on any atom is 0.368 e. The molecule has 1 aromatic carbocycles. The highest BCUT2D eigenvalue weighted by molar-refractivity contribution is 6.71. The zero-order valence-corrected chi connectivity index (χ0v) is 9.69. The lowest BCUT2D eigenvalue weighted by Crippen LogP contribution is -2.41. The van der Waals surface area contributed by atoms with Gasteiger partial charge >= 0.3 is 8.56 Å². The standard InChI is InChI=1S/C11H16O2Si/c1-4-14(12-2,13-3)10-11-8-6-5-7-9-11/h4-9H,1,10H2,2-3H3. The molecule has 0 saturated heterocycles. The number of hydrogen-bond donors (Lipinski definition) is 0. The molecule has 0 unspecified atom stereocenters. The summed E-state index contributed by atoms with van der Waals surface area (Å²) in [6, 6.07) is 11.0. The van der Waals surface area contributed by atoms with Crippen LogP contribution >= 0.6 is 0 Å². The fourth-order valence-corrected chi connectivity index (χ4v) is 3.08. The quantitative estimate of drug-likeness (QED) is 0.691. The minimum atomic E-state index is -2.19. The molecule has 0 aliphatic rings. The second-order valence-electron chi connectivity index (χ2n) is 3.09. The predicted molar refractivity (Wildman–Crippen MR) is 60.1 cm³/mol. The topological polar surface area (TPSA) is 18.5 Å². The molecule has 3 heteroatoms. The minimum Gasteiger partial charge on any atom is -0.394 e. The molecule has 0 fully saturated rings. The fourth-order valence-electron chi connectivity index (χ4n) is 1.35. The average Bonchev–Trinajstić information content (AvgIpc) is 2.28. The fraction of sp³-hybridized carbons (Fsp3) is 0.273. The van der Waals surface area contributed by atoms with Crippen molar-refractivity contribution in [2.75, 3.05) is 14.2 Å². The maximum atomic E-state index is 5.44. The summed E-state index contributed by atoms with van der Waals surface area (Å²) in [7, 11) is 1.17. The number of hydrogen-bond acceptors (Lipinski definition) is 2. The van der Waals surface area contributed by atoms with Crippen molar-refractivity contribution < 1.29 is 8.85 Å². The summed E-state index contributed by atoms with van der Waals surface area (Å²) < 4.78 is 10.9. The van der Waals surface area contributed by atoms with E-state index >= 15 is 0 Å². The van der Waals surface area contributed by atoms with Gasteiger partial charge in [-0.3, -0.25) is 0 Å². The van der Waals surface area contributed by atoms with Gasteiger partial charge in [-0.05, 0) is 11.3 Å². The molecule has 0 radical (unpaired) electrons. The van der Waals surface area contributed by atoms with Gasteiger partial charge < -0.3 is 8.85 Å². The third-order valence-electron chi connectivity index (χ3n) is 2.30. The van der Waals surface area contributed by atoms with E-state index in [9.17, 15) is 0 Å². The molecule has 14 heavy (non-hydrogen) atoms. The average molecular weight is 208 g/mol. The summed E-state index contributed by atoms with van der Waals surface area (Å²) >= 11 is 0. The molecule has 0 bridgehead atoms. The molecule has 0 saturated carbocycles. The Morgan fingerprint density at radius 2 is 1.79 bits per heavy atom. The van der Waals surface area contributed by atoms with Crippen LogP contribution in [0.25, 0.3) is 0 Å². The SMILES string of the molecule is C=C[Si](Cc1ccccc1)(OC)OC. The van der Waals surface area contributed by atoms with Crippen LogP contribution in [0.4, 0.5) is 0 Å². The van der Waals surface area contributed by atoms with Crippen LogP contribution in [0.1, 0.15) is 5.56 Å². The zero-order valence-electron chi connectivity index (χ0n) is 8.69. The van der Waals surface area contributed by atoms with Crippen LogP contribution in [0.2, 0.25) is 0 Å². The highest BCUT2D eigenvalue weighted by Crippen LogP contribution is 2.14. The molecule has 76 valence electrons. The van der Waals surface area contributed by atoms with Gasteiger partial charge in [-0.2, -0.15) is 0 Å². The molecule has 0 aliphatic carbocycles. The lowest BCUT2D eigenvalue weighted by Gasteiger charge is -2.23. The third kappa shape index (κ3) is 2.54. The predicted octanol–water partition coefficient (Wildman–Crippen LogP) is 2.23. The molecule has 1 rings (SSSR count). The highest BCUT2D eigenvalue weighted by Gasteiger charge is 2.31. The molecule has 0 N–H and O–H groups in total. The van der Waals surface area contributed by atoms with Crippen molar-refractivity contribution in [3.05, 3.63) is 48.2 Å². The molecule has 0 heterocycles. The van der Waals surface area contributed by atoms with Gasteiger partial charge in [0.1, 0.15) is 0 Å². The Hall–Kier alpha value is -0.903. The largest absolute Gasteiger partial charge is 0.394 e. The second kappa shape index (κ2) is 5.10. The van der Waals surface area contributed by atoms with Crippen molar-refractivity contribution in [2.45, 2.75) is 6.04 Å². The number of rotatable bonds is 5. The summed E-state index contributed by atoms with van der Waals surface area (Å²) in [5.74, 6) is 0. The van der Waals surface area contributed by atoms with Gasteiger partial charge in [-0.25, -0.2) is 0 Å². The summed E-state index contributed by atoms with van der Waals surface area (Å²) in [4.78, 5) is 0. The number of benzene rings is 1. The first kappa shape index (κ1) is 11.2. The molecule has 1 aromatic rings. The van der Waals surface area contributed by atoms with Crippen molar-refractivity contribution >= 4 is 8.56 Å². The molecular formula is C11H16O2Si.